The lowest BCUT2D eigenvalue weighted by Crippen LogP contribution is -2.14. The Hall–Kier alpha value is -1.69. The van der Waals surface area contributed by atoms with Crippen molar-refractivity contribution in [1.29, 1.82) is 0 Å². The summed E-state index contributed by atoms with van der Waals surface area (Å²) in [5.74, 6) is 0.631. The molecule has 0 atom stereocenters. The molecule has 0 aromatic carbocycles. The zero-order valence-corrected chi connectivity index (χ0v) is 10.2. The number of aromatic amines is 1. The van der Waals surface area contributed by atoms with E-state index in [0.717, 1.165) is 5.65 Å². The molecule has 0 amide bonds. The van der Waals surface area contributed by atoms with Gasteiger partial charge in [-0.2, -0.15) is 10.1 Å². The van der Waals surface area contributed by atoms with Crippen LogP contribution >= 0.6 is 0 Å². The molecule has 0 saturated heterocycles. The van der Waals surface area contributed by atoms with Crippen LogP contribution in [0.5, 0.6) is 0 Å². The molecule has 6 nitrogen and oxygen atoms in total. The van der Waals surface area contributed by atoms with Crippen molar-refractivity contribution in [1.82, 2.24) is 19.7 Å². The largest absolute Gasteiger partial charge is 0.384 e. The second-order valence-corrected chi connectivity index (χ2v) is 4.18. The van der Waals surface area contributed by atoms with Gasteiger partial charge >= 0.3 is 0 Å². The average Bonchev–Trinajstić information content (AvgIpc) is 2.70. The first-order chi connectivity index (χ1) is 8.13. The zero-order chi connectivity index (χ0) is 12.4. The predicted molar refractivity (Wildman–Crippen MR) is 64.1 cm³/mol. The van der Waals surface area contributed by atoms with Crippen molar-refractivity contribution < 1.29 is 4.74 Å². The first-order valence-corrected chi connectivity index (χ1v) is 5.59. The fourth-order valence-electron chi connectivity index (χ4n) is 1.70. The normalized spacial score (nSPS) is 11.5. The van der Waals surface area contributed by atoms with Crippen LogP contribution in [0.4, 0.5) is 0 Å². The Morgan fingerprint density at radius 1 is 1.53 bits per heavy atom. The number of rotatable bonds is 4. The molecule has 1 N–H and O–H groups in total. The van der Waals surface area contributed by atoms with E-state index >= 15 is 0 Å². The third-order valence-electron chi connectivity index (χ3n) is 2.56. The van der Waals surface area contributed by atoms with E-state index in [1.54, 1.807) is 18.0 Å². The van der Waals surface area contributed by atoms with Crippen molar-refractivity contribution in [3.63, 3.8) is 0 Å². The molecule has 0 unspecified atom stereocenters. The van der Waals surface area contributed by atoms with Crippen LogP contribution in [0.2, 0.25) is 0 Å². The Morgan fingerprint density at radius 3 is 2.94 bits per heavy atom. The summed E-state index contributed by atoms with van der Waals surface area (Å²) in [6, 6.07) is 0.195. The van der Waals surface area contributed by atoms with E-state index in [4.69, 9.17) is 4.74 Å². The van der Waals surface area contributed by atoms with E-state index in [1.165, 1.54) is 0 Å². The summed E-state index contributed by atoms with van der Waals surface area (Å²) in [5.41, 5.74) is 0.489. The zero-order valence-electron chi connectivity index (χ0n) is 10.2. The number of nitrogens with zero attached hydrogens (tertiary/aromatic N) is 3. The highest BCUT2D eigenvalue weighted by molar-refractivity contribution is 5.73. The van der Waals surface area contributed by atoms with Gasteiger partial charge in [0.25, 0.3) is 5.56 Å². The minimum absolute atomic E-state index is 0.195. The van der Waals surface area contributed by atoms with Gasteiger partial charge in [0.2, 0.25) is 0 Å². The van der Waals surface area contributed by atoms with Gasteiger partial charge in [-0.3, -0.25) is 4.79 Å². The SMILES string of the molecule is COCCc1nc(=O)c2cnn(C(C)C)c2[nH]1. The molecule has 0 spiro atoms. The maximum Gasteiger partial charge on any atom is 0.284 e. The Kier molecular flexibility index (Phi) is 3.23. The summed E-state index contributed by atoms with van der Waals surface area (Å²) in [4.78, 5) is 18.9. The number of hydrogen-bond acceptors (Lipinski definition) is 4. The molecule has 2 aromatic heterocycles. The minimum atomic E-state index is -0.239. The van der Waals surface area contributed by atoms with Gasteiger partial charge in [0.15, 0.2) is 0 Å². The van der Waals surface area contributed by atoms with Crippen molar-refractivity contribution in [3.8, 4) is 0 Å². The highest BCUT2D eigenvalue weighted by Crippen LogP contribution is 2.12. The molecule has 2 heterocycles. The lowest BCUT2D eigenvalue weighted by molar-refractivity contribution is 0.200. The lowest BCUT2D eigenvalue weighted by atomic mass is 10.3. The third-order valence-corrected chi connectivity index (χ3v) is 2.56. The van der Waals surface area contributed by atoms with Gasteiger partial charge in [-0.15, -0.1) is 0 Å². The van der Waals surface area contributed by atoms with Crippen LogP contribution in [-0.2, 0) is 11.2 Å². The van der Waals surface area contributed by atoms with Crippen LogP contribution in [0.15, 0.2) is 11.0 Å². The fraction of sp³-hybridized carbons (Fsp3) is 0.545. The van der Waals surface area contributed by atoms with Crippen LogP contribution in [0.3, 0.4) is 0 Å². The molecule has 0 bridgehead atoms. The van der Waals surface area contributed by atoms with E-state index in [1.807, 2.05) is 13.8 Å². The number of H-pyrrole nitrogens is 1. The highest BCUT2D eigenvalue weighted by Gasteiger charge is 2.11. The smallest absolute Gasteiger partial charge is 0.284 e. The van der Waals surface area contributed by atoms with E-state index < -0.39 is 0 Å². The first kappa shape index (κ1) is 11.8. The minimum Gasteiger partial charge on any atom is -0.384 e. The number of ether oxygens (including phenoxy) is 1. The van der Waals surface area contributed by atoms with Gasteiger partial charge < -0.3 is 9.72 Å². The molecule has 0 aliphatic heterocycles. The topological polar surface area (TPSA) is 72.8 Å². The van der Waals surface area contributed by atoms with Crippen molar-refractivity contribution in [2.75, 3.05) is 13.7 Å². The fourth-order valence-corrected chi connectivity index (χ4v) is 1.70. The first-order valence-electron chi connectivity index (χ1n) is 5.59. The van der Waals surface area contributed by atoms with Gasteiger partial charge in [-0.05, 0) is 13.8 Å². The average molecular weight is 236 g/mol. The van der Waals surface area contributed by atoms with Crippen LogP contribution in [-0.4, -0.2) is 33.5 Å². The molecule has 6 heteroatoms. The molecule has 2 rings (SSSR count). The molecule has 2 aromatic rings. The van der Waals surface area contributed by atoms with Crippen LogP contribution < -0.4 is 5.56 Å². The molecule has 0 fully saturated rings. The number of aromatic nitrogens is 4. The number of methoxy groups -OCH3 is 1. The molecule has 0 radical (unpaired) electrons. The van der Waals surface area contributed by atoms with Gasteiger partial charge in [0.1, 0.15) is 16.9 Å². The molecule has 92 valence electrons. The molecule has 17 heavy (non-hydrogen) atoms. The number of nitrogens with one attached hydrogen (secondary N) is 1. The van der Waals surface area contributed by atoms with Crippen molar-refractivity contribution in [2.24, 2.45) is 0 Å². The molecule has 0 aliphatic rings. The standard InChI is InChI=1S/C11H16N4O2/c1-7(2)15-10-8(6-12-15)11(16)14-9(13-10)4-5-17-3/h6-7H,4-5H2,1-3H3,(H,13,14,16). The second kappa shape index (κ2) is 4.67. The van der Waals surface area contributed by atoms with Crippen LogP contribution in [0.25, 0.3) is 11.0 Å². The van der Waals surface area contributed by atoms with Gasteiger partial charge in [0, 0.05) is 19.6 Å². The Labute approximate surface area is 98.6 Å². The summed E-state index contributed by atoms with van der Waals surface area (Å²) < 4.78 is 6.76. The van der Waals surface area contributed by atoms with Crippen LogP contribution in [0.1, 0.15) is 25.7 Å². The van der Waals surface area contributed by atoms with Crippen molar-refractivity contribution >= 4 is 11.0 Å². The van der Waals surface area contributed by atoms with E-state index in [2.05, 4.69) is 15.1 Å². The van der Waals surface area contributed by atoms with Crippen molar-refractivity contribution in [3.05, 3.63) is 22.4 Å². The Bertz CT molecular complexity index is 570. The van der Waals surface area contributed by atoms with Gasteiger partial charge in [-0.1, -0.05) is 0 Å². The molecule has 0 saturated carbocycles. The summed E-state index contributed by atoms with van der Waals surface area (Å²) in [7, 11) is 1.62. The Morgan fingerprint density at radius 2 is 2.29 bits per heavy atom. The van der Waals surface area contributed by atoms with Crippen LogP contribution in [0, 0.1) is 0 Å². The van der Waals surface area contributed by atoms with E-state index in [0.29, 0.717) is 24.2 Å². The monoisotopic (exact) mass is 236 g/mol. The predicted octanol–water partition coefficient (Wildman–Crippen LogP) is 0.889. The van der Waals surface area contributed by atoms with Gasteiger partial charge in [-0.25, -0.2) is 4.68 Å². The second-order valence-electron chi connectivity index (χ2n) is 4.18. The molecule has 0 aliphatic carbocycles. The number of fused-ring (bicyclic) bond motifs is 1. The summed E-state index contributed by atoms with van der Waals surface area (Å²) in [5, 5.41) is 4.72. The highest BCUT2D eigenvalue weighted by atomic mass is 16.5. The lowest BCUT2D eigenvalue weighted by Gasteiger charge is -2.07. The van der Waals surface area contributed by atoms with Crippen molar-refractivity contribution in [2.45, 2.75) is 26.3 Å². The summed E-state index contributed by atoms with van der Waals surface area (Å²) in [6.07, 6.45) is 2.15. The van der Waals surface area contributed by atoms with Gasteiger partial charge in [0.05, 0.1) is 12.8 Å². The van der Waals surface area contributed by atoms with E-state index in [9.17, 15) is 4.79 Å². The number of hydrogen-bond donors (Lipinski definition) is 1. The summed E-state index contributed by atoms with van der Waals surface area (Å²) >= 11 is 0. The maximum atomic E-state index is 11.8. The molecular weight excluding hydrogens is 220 g/mol. The maximum absolute atomic E-state index is 11.8. The molecular formula is C11H16N4O2. The third kappa shape index (κ3) is 2.21. The summed E-state index contributed by atoms with van der Waals surface area (Å²) in [6.45, 7) is 4.56. The Balaban J connectivity index is 2.53. The quantitative estimate of drug-likeness (QED) is 0.855. The van der Waals surface area contributed by atoms with E-state index in [-0.39, 0.29) is 11.6 Å².